The van der Waals surface area contributed by atoms with E-state index in [9.17, 15) is 13.2 Å². The molecule has 1 aliphatic rings. The molecule has 1 fully saturated rings. The number of rotatable bonds is 6. The van der Waals surface area contributed by atoms with E-state index in [1.165, 1.54) is 4.31 Å². The lowest BCUT2D eigenvalue weighted by Gasteiger charge is -2.29. The third-order valence-electron chi connectivity index (χ3n) is 5.93. The molecule has 1 aliphatic carbocycles. The van der Waals surface area contributed by atoms with Crippen LogP contribution in [0.15, 0.2) is 47.4 Å². The number of amides is 1. The predicted octanol–water partition coefficient (Wildman–Crippen LogP) is 4.21. The molecule has 0 aromatic heterocycles. The van der Waals surface area contributed by atoms with Gasteiger partial charge in [-0.25, -0.2) is 8.42 Å². The number of aryl methyl sites for hydroxylation is 3. The zero-order valence-electron chi connectivity index (χ0n) is 17.7. The molecule has 0 atom stereocenters. The Labute approximate surface area is 174 Å². The lowest BCUT2D eigenvalue weighted by atomic mass is 10.1. The first kappa shape index (κ1) is 21.4. The Morgan fingerprint density at radius 1 is 0.966 bits per heavy atom. The van der Waals surface area contributed by atoms with Crippen LogP contribution in [0.25, 0.3) is 0 Å². The van der Waals surface area contributed by atoms with Crippen LogP contribution in [0.5, 0.6) is 0 Å². The Kier molecular flexibility index (Phi) is 6.32. The van der Waals surface area contributed by atoms with E-state index < -0.39 is 10.0 Å². The summed E-state index contributed by atoms with van der Waals surface area (Å²) in [5.41, 5.74) is 3.57. The van der Waals surface area contributed by atoms with Gasteiger partial charge in [-0.3, -0.25) is 9.10 Å². The Hall–Kier alpha value is -2.34. The molecule has 1 saturated carbocycles. The van der Waals surface area contributed by atoms with E-state index in [1.54, 1.807) is 42.3 Å². The molecule has 29 heavy (non-hydrogen) atoms. The first-order valence-electron chi connectivity index (χ1n) is 10.1. The number of hydrogen-bond donors (Lipinski definition) is 0. The summed E-state index contributed by atoms with van der Waals surface area (Å²) in [5, 5.41) is 0. The fourth-order valence-corrected chi connectivity index (χ4v) is 5.17. The second-order valence-corrected chi connectivity index (χ2v) is 9.90. The Morgan fingerprint density at radius 2 is 1.59 bits per heavy atom. The van der Waals surface area contributed by atoms with E-state index >= 15 is 0 Å². The third kappa shape index (κ3) is 4.64. The van der Waals surface area contributed by atoms with Crippen LogP contribution in [-0.4, -0.2) is 38.9 Å². The Balaban J connectivity index is 1.98. The topological polar surface area (TPSA) is 57.7 Å². The second-order valence-electron chi connectivity index (χ2n) is 8.04. The molecule has 5 nitrogen and oxygen atoms in total. The zero-order valence-corrected chi connectivity index (χ0v) is 18.5. The van der Waals surface area contributed by atoms with Crippen LogP contribution in [0.1, 0.15) is 42.4 Å². The van der Waals surface area contributed by atoms with Gasteiger partial charge in [-0.2, -0.15) is 0 Å². The van der Waals surface area contributed by atoms with Crippen molar-refractivity contribution in [2.75, 3.05) is 17.9 Å². The molecule has 1 amide bonds. The average Bonchev–Trinajstić information content (AvgIpc) is 3.22. The van der Waals surface area contributed by atoms with Gasteiger partial charge in [-0.05, 0) is 69.0 Å². The number of hydrogen-bond acceptors (Lipinski definition) is 3. The Morgan fingerprint density at radius 3 is 2.17 bits per heavy atom. The molecule has 0 radical (unpaired) electrons. The fourth-order valence-electron chi connectivity index (χ4n) is 3.76. The smallest absolute Gasteiger partial charge is 0.264 e. The van der Waals surface area contributed by atoms with Crippen LogP contribution >= 0.6 is 0 Å². The zero-order chi connectivity index (χ0) is 21.2. The molecule has 6 heteroatoms. The second kappa shape index (κ2) is 8.57. The number of carbonyl (C=O) groups is 1. The molecule has 156 valence electrons. The standard InChI is InChI=1S/C23H30N2O3S/c1-17-9-13-22(14-10-17)29(27,28)25(21-12-11-18(2)19(3)15-21)16-23(26)24(4)20-7-5-6-8-20/h9-15,20H,5-8,16H2,1-4H3. The quantitative estimate of drug-likeness (QED) is 0.711. The summed E-state index contributed by atoms with van der Waals surface area (Å²) in [6, 6.07) is 12.5. The summed E-state index contributed by atoms with van der Waals surface area (Å²) in [7, 11) is -2.08. The molecule has 0 N–H and O–H groups in total. The van der Waals surface area contributed by atoms with Gasteiger partial charge in [0.15, 0.2) is 0 Å². The number of sulfonamides is 1. The molecule has 3 rings (SSSR count). The molecular weight excluding hydrogens is 384 g/mol. The van der Waals surface area contributed by atoms with Crippen molar-refractivity contribution in [2.45, 2.75) is 57.4 Å². The highest BCUT2D eigenvalue weighted by Gasteiger charge is 2.31. The monoisotopic (exact) mass is 414 g/mol. The normalized spacial score (nSPS) is 14.8. The van der Waals surface area contributed by atoms with Gasteiger partial charge in [0.05, 0.1) is 10.6 Å². The maximum atomic E-state index is 13.5. The largest absolute Gasteiger partial charge is 0.341 e. The number of carbonyl (C=O) groups excluding carboxylic acids is 1. The van der Waals surface area contributed by atoms with Gasteiger partial charge in [-0.15, -0.1) is 0 Å². The maximum Gasteiger partial charge on any atom is 0.264 e. The fraction of sp³-hybridized carbons (Fsp3) is 0.435. The van der Waals surface area contributed by atoms with Crippen molar-refractivity contribution >= 4 is 21.6 Å². The van der Waals surface area contributed by atoms with E-state index in [0.29, 0.717) is 5.69 Å². The molecule has 2 aromatic rings. The number of likely N-dealkylation sites (N-methyl/N-ethyl adjacent to an activating group) is 1. The van der Waals surface area contributed by atoms with Crippen LogP contribution in [0.2, 0.25) is 0 Å². The van der Waals surface area contributed by atoms with Crippen molar-refractivity contribution in [3.63, 3.8) is 0 Å². The van der Waals surface area contributed by atoms with Crippen LogP contribution in [0, 0.1) is 20.8 Å². The van der Waals surface area contributed by atoms with Crippen molar-refractivity contribution in [1.29, 1.82) is 0 Å². The summed E-state index contributed by atoms with van der Waals surface area (Å²) < 4.78 is 28.2. The van der Waals surface area contributed by atoms with Gasteiger partial charge >= 0.3 is 0 Å². The van der Waals surface area contributed by atoms with Gasteiger partial charge in [0, 0.05) is 13.1 Å². The minimum absolute atomic E-state index is 0.175. The van der Waals surface area contributed by atoms with Crippen LogP contribution < -0.4 is 4.31 Å². The van der Waals surface area contributed by atoms with E-state index in [-0.39, 0.29) is 23.4 Å². The van der Waals surface area contributed by atoms with Gasteiger partial charge in [0.25, 0.3) is 10.0 Å². The lowest BCUT2D eigenvalue weighted by Crippen LogP contribution is -2.44. The van der Waals surface area contributed by atoms with Crippen molar-refractivity contribution < 1.29 is 13.2 Å². The summed E-state index contributed by atoms with van der Waals surface area (Å²) in [6.45, 7) is 5.64. The summed E-state index contributed by atoms with van der Waals surface area (Å²) in [6.07, 6.45) is 4.20. The van der Waals surface area contributed by atoms with Crippen molar-refractivity contribution in [3.05, 3.63) is 59.2 Å². The highest BCUT2D eigenvalue weighted by atomic mass is 32.2. The van der Waals surface area contributed by atoms with E-state index in [0.717, 1.165) is 42.4 Å². The van der Waals surface area contributed by atoms with Crippen molar-refractivity contribution in [2.24, 2.45) is 0 Å². The van der Waals surface area contributed by atoms with Crippen molar-refractivity contribution in [1.82, 2.24) is 4.90 Å². The van der Waals surface area contributed by atoms with Gasteiger partial charge < -0.3 is 4.90 Å². The summed E-state index contributed by atoms with van der Waals surface area (Å²) >= 11 is 0. The summed E-state index contributed by atoms with van der Waals surface area (Å²) in [4.78, 5) is 14.9. The van der Waals surface area contributed by atoms with Crippen LogP contribution in [-0.2, 0) is 14.8 Å². The minimum Gasteiger partial charge on any atom is -0.341 e. The van der Waals surface area contributed by atoms with Crippen LogP contribution in [0.3, 0.4) is 0 Å². The highest BCUT2D eigenvalue weighted by Crippen LogP contribution is 2.27. The number of nitrogens with zero attached hydrogens (tertiary/aromatic N) is 2. The van der Waals surface area contributed by atoms with Gasteiger partial charge in [0.1, 0.15) is 6.54 Å². The summed E-state index contributed by atoms with van der Waals surface area (Å²) in [5.74, 6) is -0.175. The maximum absolute atomic E-state index is 13.5. The molecular formula is C23H30N2O3S. The van der Waals surface area contributed by atoms with Crippen LogP contribution in [0.4, 0.5) is 5.69 Å². The van der Waals surface area contributed by atoms with Gasteiger partial charge in [0.2, 0.25) is 5.91 Å². The Bertz CT molecular complexity index is 978. The van der Waals surface area contributed by atoms with Crippen molar-refractivity contribution in [3.8, 4) is 0 Å². The lowest BCUT2D eigenvalue weighted by molar-refractivity contribution is -0.130. The predicted molar refractivity (Wildman–Crippen MR) is 117 cm³/mol. The minimum atomic E-state index is -3.87. The molecule has 0 heterocycles. The van der Waals surface area contributed by atoms with E-state index in [1.807, 2.05) is 32.9 Å². The SMILES string of the molecule is Cc1ccc(S(=O)(=O)N(CC(=O)N(C)C2CCCC2)c2ccc(C)c(C)c2)cc1. The highest BCUT2D eigenvalue weighted by molar-refractivity contribution is 7.92. The molecule has 0 saturated heterocycles. The van der Waals surface area contributed by atoms with E-state index in [2.05, 4.69) is 0 Å². The average molecular weight is 415 g/mol. The number of anilines is 1. The molecule has 0 unspecified atom stereocenters. The first-order valence-corrected chi connectivity index (χ1v) is 11.6. The molecule has 0 aliphatic heterocycles. The molecule has 2 aromatic carbocycles. The first-order chi connectivity index (χ1) is 13.7. The number of benzene rings is 2. The van der Waals surface area contributed by atoms with Gasteiger partial charge in [-0.1, -0.05) is 36.6 Å². The molecule has 0 bridgehead atoms. The van der Waals surface area contributed by atoms with E-state index in [4.69, 9.17) is 0 Å². The third-order valence-corrected chi connectivity index (χ3v) is 7.72. The molecule has 0 spiro atoms.